The minimum absolute atomic E-state index is 0.197. The summed E-state index contributed by atoms with van der Waals surface area (Å²) in [6.45, 7) is -0.793. The zero-order valence-electron chi connectivity index (χ0n) is 7.68. The molecule has 0 aromatic carbocycles. The van der Waals surface area contributed by atoms with Gasteiger partial charge in [-0.25, -0.2) is 0 Å². The standard InChI is InChI=1S/C6H14NO7P/c7-3(1-8)6(14-15(12)13)5(11)4(10)2-9/h1,3-6,9-11,15H,2,7H2,(H,12,13)/t3-,4+,5+,6+/m0/s1. The lowest BCUT2D eigenvalue weighted by Crippen LogP contribution is -2.50. The van der Waals surface area contributed by atoms with Crippen LogP contribution in [0.1, 0.15) is 0 Å². The van der Waals surface area contributed by atoms with E-state index in [1.165, 1.54) is 0 Å². The van der Waals surface area contributed by atoms with Crippen molar-refractivity contribution in [3.05, 3.63) is 0 Å². The van der Waals surface area contributed by atoms with E-state index in [4.69, 9.17) is 20.8 Å². The molecule has 0 saturated carbocycles. The van der Waals surface area contributed by atoms with Crippen molar-refractivity contribution in [2.75, 3.05) is 6.61 Å². The highest BCUT2D eigenvalue weighted by Crippen LogP contribution is 2.22. The molecule has 0 rings (SSSR count). The molecule has 6 N–H and O–H groups in total. The molecule has 0 fully saturated rings. The van der Waals surface area contributed by atoms with Crippen molar-refractivity contribution in [1.82, 2.24) is 0 Å². The van der Waals surface area contributed by atoms with Crippen molar-refractivity contribution >= 4 is 14.5 Å². The van der Waals surface area contributed by atoms with Gasteiger partial charge in [0.15, 0.2) is 0 Å². The summed E-state index contributed by atoms with van der Waals surface area (Å²) in [5.74, 6) is 0. The number of rotatable bonds is 7. The number of aliphatic hydroxyl groups is 3. The molecule has 0 aliphatic rings. The van der Waals surface area contributed by atoms with Crippen LogP contribution in [0.25, 0.3) is 0 Å². The van der Waals surface area contributed by atoms with E-state index in [1.54, 1.807) is 0 Å². The van der Waals surface area contributed by atoms with Gasteiger partial charge < -0.3 is 35.3 Å². The molecule has 9 heteroatoms. The number of hydrogen-bond acceptors (Lipinski definition) is 7. The predicted octanol–water partition coefficient (Wildman–Crippen LogP) is -3.01. The van der Waals surface area contributed by atoms with Crippen molar-refractivity contribution < 1.29 is 34.1 Å². The van der Waals surface area contributed by atoms with E-state index < -0.39 is 39.2 Å². The van der Waals surface area contributed by atoms with Crippen LogP contribution in [-0.4, -0.2) is 57.5 Å². The summed E-state index contributed by atoms with van der Waals surface area (Å²) in [5.41, 5.74) is 5.18. The Morgan fingerprint density at radius 1 is 1.47 bits per heavy atom. The summed E-state index contributed by atoms with van der Waals surface area (Å²) in [7, 11) is -3.42. The molecule has 90 valence electrons. The minimum Gasteiger partial charge on any atom is -0.394 e. The summed E-state index contributed by atoms with van der Waals surface area (Å²) >= 11 is 0. The second-order valence-electron chi connectivity index (χ2n) is 2.80. The molecule has 0 aromatic heterocycles. The Hall–Kier alpha value is -0.340. The molecular formula is C6H14NO7P. The Morgan fingerprint density at radius 2 is 2.00 bits per heavy atom. The fraction of sp³-hybridized carbons (Fsp3) is 0.833. The Labute approximate surface area is 86.2 Å². The van der Waals surface area contributed by atoms with Crippen LogP contribution in [0.4, 0.5) is 0 Å². The van der Waals surface area contributed by atoms with Gasteiger partial charge in [0.2, 0.25) is 0 Å². The van der Waals surface area contributed by atoms with Gasteiger partial charge in [0.25, 0.3) is 0 Å². The lowest BCUT2D eigenvalue weighted by molar-refractivity contribution is -0.116. The van der Waals surface area contributed by atoms with E-state index in [0.29, 0.717) is 0 Å². The van der Waals surface area contributed by atoms with Crippen LogP contribution in [-0.2, 0) is 13.9 Å². The van der Waals surface area contributed by atoms with Crippen molar-refractivity contribution in [2.45, 2.75) is 24.4 Å². The minimum atomic E-state index is -3.42. The van der Waals surface area contributed by atoms with Gasteiger partial charge in [-0.05, 0) is 0 Å². The van der Waals surface area contributed by atoms with E-state index in [-0.39, 0.29) is 6.29 Å². The molecule has 5 atom stereocenters. The second kappa shape index (κ2) is 7.02. The summed E-state index contributed by atoms with van der Waals surface area (Å²) in [6, 6.07) is -1.37. The van der Waals surface area contributed by atoms with E-state index in [0.717, 1.165) is 0 Å². The molecule has 0 aliphatic heterocycles. The number of aliphatic hydroxyl groups excluding tert-OH is 3. The van der Waals surface area contributed by atoms with Crippen LogP contribution in [0.15, 0.2) is 0 Å². The zero-order chi connectivity index (χ0) is 12.0. The first-order valence-electron chi connectivity index (χ1n) is 4.01. The third-order valence-corrected chi connectivity index (χ3v) is 2.17. The molecule has 0 spiro atoms. The van der Waals surface area contributed by atoms with Crippen LogP contribution < -0.4 is 5.73 Å². The lowest BCUT2D eigenvalue weighted by atomic mass is 10.0. The first-order chi connectivity index (χ1) is 6.93. The molecule has 15 heavy (non-hydrogen) atoms. The molecule has 8 nitrogen and oxygen atoms in total. The summed E-state index contributed by atoms with van der Waals surface area (Å²) in [5, 5.41) is 26.9. The van der Waals surface area contributed by atoms with E-state index in [2.05, 4.69) is 4.52 Å². The van der Waals surface area contributed by atoms with Gasteiger partial charge in [0.05, 0.1) is 12.6 Å². The monoisotopic (exact) mass is 243 g/mol. The quantitative estimate of drug-likeness (QED) is 0.234. The third-order valence-electron chi connectivity index (χ3n) is 1.69. The molecule has 0 aromatic rings. The van der Waals surface area contributed by atoms with Crippen molar-refractivity contribution in [3.8, 4) is 0 Å². The van der Waals surface area contributed by atoms with Gasteiger partial charge in [0.1, 0.15) is 24.6 Å². The van der Waals surface area contributed by atoms with Gasteiger partial charge in [-0.15, -0.1) is 0 Å². The topological polar surface area (TPSA) is 150 Å². The number of nitrogens with two attached hydrogens (primary N) is 1. The first kappa shape index (κ1) is 14.7. The molecule has 1 unspecified atom stereocenters. The highest BCUT2D eigenvalue weighted by Gasteiger charge is 2.32. The van der Waals surface area contributed by atoms with Crippen LogP contribution in [0.2, 0.25) is 0 Å². The molecule has 0 amide bonds. The fourth-order valence-corrected chi connectivity index (χ4v) is 1.43. The molecule has 0 saturated heterocycles. The maximum absolute atomic E-state index is 10.4. The molecule has 0 bridgehead atoms. The molecule has 0 radical (unpaired) electrons. The van der Waals surface area contributed by atoms with Gasteiger partial charge >= 0.3 is 8.25 Å². The van der Waals surface area contributed by atoms with Crippen molar-refractivity contribution in [2.24, 2.45) is 5.73 Å². The maximum atomic E-state index is 10.4. The number of carbonyl (C=O) groups excluding carboxylic acids is 1. The van der Waals surface area contributed by atoms with Crippen LogP contribution in [0.5, 0.6) is 0 Å². The molecular weight excluding hydrogens is 229 g/mol. The average molecular weight is 243 g/mol. The predicted molar refractivity (Wildman–Crippen MR) is 49.2 cm³/mol. The highest BCUT2D eigenvalue weighted by molar-refractivity contribution is 7.32. The third kappa shape index (κ3) is 4.80. The normalized spacial score (nSPS) is 21.4. The van der Waals surface area contributed by atoms with Crippen LogP contribution in [0.3, 0.4) is 0 Å². The highest BCUT2D eigenvalue weighted by atomic mass is 31.1. The SMILES string of the molecule is N[C@@H](C=O)[C@@H](O[PH](=O)O)[C@H](O)[C@H](O)CO. The van der Waals surface area contributed by atoms with Gasteiger partial charge in [-0.2, -0.15) is 0 Å². The molecule has 0 aliphatic carbocycles. The van der Waals surface area contributed by atoms with E-state index >= 15 is 0 Å². The van der Waals surface area contributed by atoms with Crippen LogP contribution in [0, 0.1) is 0 Å². The number of aldehydes is 1. The van der Waals surface area contributed by atoms with Gasteiger partial charge in [0, 0.05) is 0 Å². The zero-order valence-corrected chi connectivity index (χ0v) is 8.68. The second-order valence-corrected chi connectivity index (χ2v) is 3.57. The summed E-state index contributed by atoms with van der Waals surface area (Å²) in [4.78, 5) is 18.8. The van der Waals surface area contributed by atoms with Crippen molar-refractivity contribution in [1.29, 1.82) is 0 Å². The van der Waals surface area contributed by atoms with Gasteiger partial charge in [-0.3, -0.25) is 4.57 Å². The summed E-state index contributed by atoms with van der Waals surface area (Å²) in [6.07, 6.45) is -4.68. The largest absolute Gasteiger partial charge is 0.394 e. The Morgan fingerprint density at radius 3 is 2.33 bits per heavy atom. The number of carbonyl (C=O) groups is 1. The first-order valence-corrected chi connectivity index (χ1v) is 5.27. The lowest BCUT2D eigenvalue weighted by Gasteiger charge is -2.26. The van der Waals surface area contributed by atoms with Crippen molar-refractivity contribution in [3.63, 3.8) is 0 Å². The average Bonchev–Trinajstić information content (AvgIpc) is 2.22. The molecule has 0 heterocycles. The Kier molecular flexibility index (Phi) is 6.86. The van der Waals surface area contributed by atoms with E-state index in [1.807, 2.05) is 0 Å². The number of hydrogen-bond donors (Lipinski definition) is 5. The fourth-order valence-electron chi connectivity index (χ4n) is 0.897. The Balaban J connectivity index is 4.60. The van der Waals surface area contributed by atoms with E-state index in [9.17, 15) is 14.5 Å². The smallest absolute Gasteiger partial charge is 0.317 e. The summed E-state index contributed by atoms with van der Waals surface area (Å²) < 4.78 is 14.7. The van der Waals surface area contributed by atoms with Crippen LogP contribution >= 0.6 is 8.25 Å². The Bertz CT molecular complexity index is 226. The van der Waals surface area contributed by atoms with Gasteiger partial charge in [-0.1, -0.05) is 0 Å². The maximum Gasteiger partial charge on any atom is 0.317 e.